The van der Waals surface area contributed by atoms with E-state index in [0.29, 0.717) is 22.0 Å². The maximum absolute atomic E-state index is 12.3. The highest BCUT2D eigenvalue weighted by molar-refractivity contribution is 6.34. The molecule has 0 spiro atoms. The summed E-state index contributed by atoms with van der Waals surface area (Å²) >= 11 is 6.08. The number of nitrogens with one attached hydrogen (secondary N) is 1. The highest BCUT2D eigenvalue weighted by Gasteiger charge is 2.13. The van der Waals surface area contributed by atoms with Crippen molar-refractivity contribution in [1.82, 2.24) is 0 Å². The fourth-order valence-corrected chi connectivity index (χ4v) is 2.36. The second kappa shape index (κ2) is 8.70. The molecule has 7 heteroatoms. The number of anilines is 1. The summed E-state index contributed by atoms with van der Waals surface area (Å²) in [5.74, 6) is -1.28. The number of hydrogen-bond donors (Lipinski definition) is 2. The van der Waals surface area contributed by atoms with Gasteiger partial charge < -0.3 is 15.2 Å². The third-order valence-electron chi connectivity index (χ3n) is 3.38. The normalized spacial score (nSPS) is 10.7. The van der Waals surface area contributed by atoms with Crippen molar-refractivity contribution in [2.75, 3.05) is 11.9 Å². The van der Waals surface area contributed by atoms with E-state index in [0.717, 1.165) is 5.56 Å². The van der Waals surface area contributed by atoms with Crippen LogP contribution in [0.4, 0.5) is 5.69 Å². The monoisotopic (exact) mass is 370 g/mol. The number of carboxylic acid groups (broad SMARTS) is 1. The van der Waals surface area contributed by atoms with Crippen molar-refractivity contribution in [2.24, 2.45) is 0 Å². The van der Waals surface area contributed by atoms with E-state index in [1.165, 1.54) is 6.08 Å². The standard InChI is InChI=1S/C19H15ClN2O4/c1-12-3-2-4-16(20)18(12)22-19(25)14(10-21)9-13-5-7-15(8-6-13)26-11-17(23)24/h2-9H,11H2,1H3,(H,22,25)(H,23,24)/b14-9+. The van der Waals surface area contributed by atoms with Crippen LogP contribution in [0.15, 0.2) is 48.0 Å². The Kier molecular flexibility index (Phi) is 6.36. The first kappa shape index (κ1) is 19.0. The predicted octanol–water partition coefficient (Wildman–Crippen LogP) is 3.66. The number of nitriles is 1. The summed E-state index contributed by atoms with van der Waals surface area (Å²) in [5.41, 5.74) is 1.74. The number of benzene rings is 2. The van der Waals surface area contributed by atoms with Gasteiger partial charge in [0, 0.05) is 0 Å². The summed E-state index contributed by atoms with van der Waals surface area (Å²) in [6.45, 7) is 1.35. The van der Waals surface area contributed by atoms with Crippen LogP contribution in [0.1, 0.15) is 11.1 Å². The van der Waals surface area contributed by atoms with Gasteiger partial charge in [0.05, 0.1) is 10.7 Å². The van der Waals surface area contributed by atoms with Crippen molar-refractivity contribution in [3.8, 4) is 11.8 Å². The molecule has 132 valence electrons. The Morgan fingerprint density at radius 3 is 2.54 bits per heavy atom. The average molecular weight is 371 g/mol. The molecule has 2 aromatic carbocycles. The Bertz CT molecular complexity index is 878. The molecule has 0 aliphatic heterocycles. The molecule has 0 saturated carbocycles. The topological polar surface area (TPSA) is 99.4 Å². The fourth-order valence-electron chi connectivity index (χ4n) is 2.09. The first-order valence-corrected chi connectivity index (χ1v) is 7.91. The molecule has 2 aromatic rings. The number of halogens is 1. The van der Waals surface area contributed by atoms with Crippen LogP contribution in [-0.2, 0) is 9.59 Å². The van der Waals surface area contributed by atoms with E-state index in [2.05, 4.69) is 5.32 Å². The first-order valence-electron chi connectivity index (χ1n) is 7.53. The Morgan fingerprint density at radius 1 is 1.27 bits per heavy atom. The molecule has 0 radical (unpaired) electrons. The van der Waals surface area contributed by atoms with Crippen molar-refractivity contribution in [1.29, 1.82) is 5.26 Å². The zero-order chi connectivity index (χ0) is 19.1. The molecule has 2 N–H and O–H groups in total. The van der Waals surface area contributed by atoms with Gasteiger partial charge in [-0.15, -0.1) is 0 Å². The number of nitrogens with zero attached hydrogens (tertiary/aromatic N) is 1. The van der Waals surface area contributed by atoms with Gasteiger partial charge in [0.1, 0.15) is 17.4 Å². The van der Waals surface area contributed by atoms with Crippen LogP contribution in [0.5, 0.6) is 5.75 Å². The van der Waals surface area contributed by atoms with Gasteiger partial charge in [0.15, 0.2) is 6.61 Å². The molecule has 0 atom stereocenters. The van der Waals surface area contributed by atoms with Crippen LogP contribution in [-0.4, -0.2) is 23.6 Å². The first-order chi connectivity index (χ1) is 12.4. The molecule has 0 heterocycles. The van der Waals surface area contributed by atoms with E-state index in [1.807, 2.05) is 6.07 Å². The molecule has 0 fully saturated rings. The quantitative estimate of drug-likeness (QED) is 0.597. The van der Waals surface area contributed by atoms with Crippen molar-refractivity contribution >= 4 is 35.2 Å². The highest BCUT2D eigenvalue weighted by atomic mass is 35.5. The van der Waals surface area contributed by atoms with Gasteiger partial charge in [0.2, 0.25) is 0 Å². The zero-order valence-electron chi connectivity index (χ0n) is 13.8. The van der Waals surface area contributed by atoms with Gasteiger partial charge in [-0.05, 0) is 42.3 Å². The van der Waals surface area contributed by atoms with E-state index >= 15 is 0 Å². The number of hydrogen-bond acceptors (Lipinski definition) is 4. The molecule has 1 amide bonds. The summed E-state index contributed by atoms with van der Waals surface area (Å²) in [6.07, 6.45) is 1.42. The van der Waals surface area contributed by atoms with Gasteiger partial charge in [-0.3, -0.25) is 4.79 Å². The number of para-hydroxylation sites is 1. The average Bonchev–Trinajstić information content (AvgIpc) is 2.62. The number of carboxylic acids is 1. The minimum atomic E-state index is -1.08. The van der Waals surface area contributed by atoms with Gasteiger partial charge in [0.25, 0.3) is 5.91 Å². The van der Waals surface area contributed by atoms with Crippen LogP contribution >= 0.6 is 11.6 Å². The number of carbonyl (C=O) groups is 2. The lowest BCUT2D eigenvalue weighted by atomic mass is 10.1. The van der Waals surface area contributed by atoms with Gasteiger partial charge in [-0.2, -0.15) is 5.26 Å². The lowest BCUT2D eigenvalue weighted by molar-refractivity contribution is -0.139. The molecule has 0 unspecified atom stereocenters. The maximum Gasteiger partial charge on any atom is 0.341 e. The van der Waals surface area contributed by atoms with Crippen LogP contribution in [0, 0.1) is 18.3 Å². The van der Waals surface area contributed by atoms with Crippen LogP contribution in [0.3, 0.4) is 0 Å². The number of aliphatic carboxylic acids is 1. The van der Waals surface area contributed by atoms with E-state index in [9.17, 15) is 14.9 Å². The minimum absolute atomic E-state index is 0.0940. The van der Waals surface area contributed by atoms with Gasteiger partial charge >= 0.3 is 5.97 Å². The Hall–Kier alpha value is -3.30. The number of rotatable bonds is 6. The molecule has 0 aliphatic rings. The molecular formula is C19H15ClN2O4. The molecular weight excluding hydrogens is 356 g/mol. The van der Waals surface area contributed by atoms with Crippen molar-refractivity contribution in [3.05, 3.63) is 64.2 Å². The van der Waals surface area contributed by atoms with Gasteiger partial charge in [-0.25, -0.2) is 4.79 Å². The number of aryl methyl sites for hydroxylation is 1. The Morgan fingerprint density at radius 2 is 1.96 bits per heavy atom. The summed E-state index contributed by atoms with van der Waals surface area (Å²) in [6, 6.07) is 13.4. The van der Waals surface area contributed by atoms with Crippen molar-refractivity contribution < 1.29 is 19.4 Å². The molecule has 6 nitrogen and oxygen atoms in total. The number of amides is 1. The third-order valence-corrected chi connectivity index (χ3v) is 3.69. The number of ether oxygens (including phenoxy) is 1. The summed E-state index contributed by atoms with van der Waals surface area (Å²) in [7, 11) is 0. The summed E-state index contributed by atoms with van der Waals surface area (Å²) in [5, 5.41) is 20.9. The molecule has 26 heavy (non-hydrogen) atoms. The highest BCUT2D eigenvalue weighted by Crippen LogP contribution is 2.26. The van der Waals surface area contributed by atoms with Crippen LogP contribution in [0.25, 0.3) is 6.08 Å². The SMILES string of the molecule is Cc1cccc(Cl)c1NC(=O)/C(C#N)=C/c1ccc(OCC(=O)O)cc1. The second-order valence-corrected chi connectivity index (χ2v) is 5.71. The van der Waals surface area contributed by atoms with E-state index < -0.39 is 18.5 Å². The smallest absolute Gasteiger partial charge is 0.341 e. The van der Waals surface area contributed by atoms with Crippen molar-refractivity contribution in [2.45, 2.75) is 6.92 Å². The molecule has 0 aromatic heterocycles. The minimum Gasteiger partial charge on any atom is -0.482 e. The van der Waals surface area contributed by atoms with E-state index in [1.54, 1.807) is 49.4 Å². The largest absolute Gasteiger partial charge is 0.482 e. The second-order valence-electron chi connectivity index (χ2n) is 5.31. The zero-order valence-corrected chi connectivity index (χ0v) is 14.6. The lowest BCUT2D eigenvalue weighted by Crippen LogP contribution is -2.14. The molecule has 0 bridgehead atoms. The van der Waals surface area contributed by atoms with Crippen molar-refractivity contribution in [3.63, 3.8) is 0 Å². The van der Waals surface area contributed by atoms with Crippen LogP contribution in [0.2, 0.25) is 5.02 Å². The lowest BCUT2D eigenvalue weighted by Gasteiger charge is -2.09. The van der Waals surface area contributed by atoms with E-state index in [4.69, 9.17) is 21.4 Å². The van der Waals surface area contributed by atoms with Gasteiger partial charge in [-0.1, -0.05) is 35.9 Å². The summed E-state index contributed by atoms with van der Waals surface area (Å²) < 4.78 is 5.03. The number of carbonyl (C=O) groups excluding carboxylic acids is 1. The predicted molar refractivity (Wildman–Crippen MR) is 98.0 cm³/mol. The summed E-state index contributed by atoms with van der Waals surface area (Å²) in [4.78, 5) is 22.8. The third kappa shape index (κ3) is 5.10. The Balaban J connectivity index is 2.15. The molecule has 0 aliphatic carbocycles. The Labute approximate surface area is 155 Å². The molecule has 2 rings (SSSR count). The van der Waals surface area contributed by atoms with Crippen LogP contribution < -0.4 is 10.1 Å². The maximum atomic E-state index is 12.3. The van der Waals surface area contributed by atoms with E-state index in [-0.39, 0.29) is 5.57 Å². The molecule has 0 saturated heterocycles. The fraction of sp³-hybridized carbons (Fsp3) is 0.105.